The second-order valence-corrected chi connectivity index (χ2v) is 7.01. The van der Waals surface area contributed by atoms with E-state index in [1.54, 1.807) is 0 Å². The molecule has 1 saturated heterocycles. The zero-order valence-corrected chi connectivity index (χ0v) is 15.4. The molecule has 0 spiro atoms. The number of pyridine rings is 1. The maximum absolute atomic E-state index is 12.3. The van der Waals surface area contributed by atoms with Crippen LogP contribution >= 0.6 is 0 Å². The summed E-state index contributed by atoms with van der Waals surface area (Å²) in [4.78, 5) is 21.4. The van der Waals surface area contributed by atoms with Crippen LogP contribution in [-0.2, 0) is 17.9 Å². The molecule has 0 radical (unpaired) electrons. The van der Waals surface area contributed by atoms with Gasteiger partial charge in [0.2, 0.25) is 5.91 Å². The molecule has 1 aromatic carbocycles. The summed E-state index contributed by atoms with van der Waals surface area (Å²) in [6.07, 6.45) is 3.92. The Kier molecular flexibility index (Phi) is 5.46. The van der Waals surface area contributed by atoms with Crippen molar-refractivity contribution in [3.63, 3.8) is 0 Å². The van der Waals surface area contributed by atoms with E-state index in [2.05, 4.69) is 44.4 Å². The number of aromatic nitrogens is 2. The number of hydrogen-bond acceptors (Lipinski definition) is 4. The minimum Gasteiger partial charge on any atom is -0.349 e. The topological polar surface area (TPSA) is 52.9 Å². The number of fused-ring (bicyclic) bond motifs is 1. The fourth-order valence-electron chi connectivity index (χ4n) is 3.47. The quantitative estimate of drug-likeness (QED) is 0.725. The van der Waals surface area contributed by atoms with Gasteiger partial charge in [-0.3, -0.25) is 14.6 Å². The molecule has 0 unspecified atom stereocenters. The van der Waals surface area contributed by atoms with E-state index in [0.29, 0.717) is 13.1 Å². The molecule has 0 bridgehead atoms. The van der Waals surface area contributed by atoms with Crippen molar-refractivity contribution in [2.45, 2.75) is 13.1 Å². The highest BCUT2D eigenvalue weighted by Gasteiger charge is 2.19. The second-order valence-electron chi connectivity index (χ2n) is 7.01. The first-order valence-electron chi connectivity index (χ1n) is 9.44. The van der Waals surface area contributed by atoms with Crippen LogP contribution in [0.3, 0.4) is 0 Å². The lowest BCUT2D eigenvalue weighted by atomic mass is 10.2. The number of nitrogens with zero attached hydrogens (tertiary/aromatic N) is 4. The highest BCUT2D eigenvalue weighted by Crippen LogP contribution is 2.08. The summed E-state index contributed by atoms with van der Waals surface area (Å²) in [6, 6.07) is 16.4. The number of piperazine rings is 1. The molecule has 3 aromatic rings. The summed E-state index contributed by atoms with van der Waals surface area (Å²) in [5, 5.41) is 2.99. The summed E-state index contributed by atoms with van der Waals surface area (Å²) >= 11 is 0. The van der Waals surface area contributed by atoms with E-state index in [4.69, 9.17) is 0 Å². The zero-order chi connectivity index (χ0) is 18.5. The smallest absolute Gasteiger partial charge is 0.234 e. The summed E-state index contributed by atoms with van der Waals surface area (Å²) in [5.74, 6) is 0.0589. The predicted molar refractivity (Wildman–Crippen MR) is 105 cm³/mol. The Labute approximate surface area is 159 Å². The molecule has 0 aliphatic carbocycles. The first kappa shape index (κ1) is 17.7. The van der Waals surface area contributed by atoms with Crippen molar-refractivity contribution < 1.29 is 4.79 Å². The van der Waals surface area contributed by atoms with E-state index >= 15 is 0 Å². The highest BCUT2D eigenvalue weighted by molar-refractivity contribution is 5.78. The lowest BCUT2D eigenvalue weighted by molar-refractivity contribution is -0.122. The standard InChI is InChI=1S/C21H25N5O/c27-21(22-14-19-16-26-9-5-4-8-20(26)23-19)17-25-12-10-24(11-13-25)15-18-6-2-1-3-7-18/h1-9,16H,10-15,17H2,(H,22,27). The average Bonchev–Trinajstić information content (AvgIpc) is 3.12. The Hall–Kier alpha value is -2.70. The van der Waals surface area contributed by atoms with E-state index in [1.807, 2.05) is 41.1 Å². The van der Waals surface area contributed by atoms with Gasteiger partial charge in [0.1, 0.15) is 5.65 Å². The first-order valence-corrected chi connectivity index (χ1v) is 9.44. The van der Waals surface area contributed by atoms with Gasteiger partial charge in [-0.2, -0.15) is 0 Å². The van der Waals surface area contributed by atoms with Gasteiger partial charge in [-0.25, -0.2) is 4.98 Å². The molecular formula is C21H25N5O. The third-order valence-corrected chi connectivity index (χ3v) is 4.96. The van der Waals surface area contributed by atoms with Gasteiger partial charge in [0.15, 0.2) is 0 Å². The maximum Gasteiger partial charge on any atom is 0.234 e. The van der Waals surface area contributed by atoms with Crippen LogP contribution in [0, 0.1) is 0 Å². The van der Waals surface area contributed by atoms with Crippen molar-refractivity contribution in [1.82, 2.24) is 24.5 Å². The number of benzene rings is 1. The number of carbonyl (C=O) groups is 1. The zero-order valence-electron chi connectivity index (χ0n) is 15.4. The van der Waals surface area contributed by atoms with Gasteiger partial charge in [-0.15, -0.1) is 0 Å². The number of hydrogen-bond donors (Lipinski definition) is 1. The summed E-state index contributed by atoms with van der Waals surface area (Å²) in [7, 11) is 0. The molecule has 1 fully saturated rings. The Morgan fingerprint density at radius 2 is 1.70 bits per heavy atom. The van der Waals surface area contributed by atoms with E-state index in [-0.39, 0.29) is 5.91 Å². The molecule has 3 heterocycles. The second kappa shape index (κ2) is 8.33. The van der Waals surface area contributed by atoms with Crippen molar-refractivity contribution in [1.29, 1.82) is 0 Å². The van der Waals surface area contributed by atoms with Gasteiger partial charge >= 0.3 is 0 Å². The van der Waals surface area contributed by atoms with Crippen molar-refractivity contribution >= 4 is 11.6 Å². The molecule has 0 saturated carbocycles. The third-order valence-electron chi connectivity index (χ3n) is 4.96. The Morgan fingerprint density at radius 3 is 2.48 bits per heavy atom. The number of imidazole rings is 1. The van der Waals surface area contributed by atoms with Gasteiger partial charge in [0, 0.05) is 45.1 Å². The minimum absolute atomic E-state index is 0.0589. The van der Waals surface area contributed by atoms with Crippen LogP contribution < -0.4 is 5.32 Å². The molecule has 1 aliphatic heterocycles. The highest BCUT2D eigenvalue weighted by atomic mass is 16.2. The van der Waals surface area contributed by atoms with E-state index in [9.17, 15) is 4.79 Å². The molecule has 6 heteroatoms. The first-order chi connectivity index (χ1) is 13.3. The predicted octanol–water partition coefficient (Wildman–Crippen LogP) is 1.77. The van der Waals surface area contributed by atoms with Crippen molar-refractivity contribution in [3.05, 3.63) is 72.2 Å². The molecule has 140 valence electrons. The maximum atomic E-state index is 12.3. The number of amides is 1. The van der Waals surface area contributed by atoms with Crippen LogP contribution in [0.25, 0.3) is 5.65 Å². The van der Waals surface area contributed by atoms with Gasteiger partial charge in [-0.05, 0) is 17.7 Å². The van der Waals surface area contributed by atoms with Crippen LogP contribution in [0.4, 0.5) is 0 Å². The average molecular weight is 363 g/mol. The Balaban J connectivity index is 1.20. The van der Waals surface area contributed by atoms with Gasteiger partial charge < -0.3 is 9.72 Å². The molecule has 6 nitrogen and oxygen atoms in total. The van der Waals surface area contributed by atoms with Crippen molar-refractivity contribution in [3.8, 4) is 0 Å². The number of carbonyl (C=O) groups excluding carboxylic acids is 1. The molecule has 1 N–H and O–H groups in total. The minimum atomic E-state index is 0.0589. The number of rotatable bonds is 6. The molecule has 2 aromatic heterocycles. The molecular weight excluding hydrogens is 338 g/mol. The van der Waals surface area contributed by atoms with Crippen molar-refractivity contribution in [2.24, 2.45) is 0 Å². The van der Waals surface area contributed by atoms with Crippen LogP contribution in [0.1, 0.15) is 11.3 Å². The Morgan fingerprint density at radius 1 is 0.963 bits per heavy atom. The van der Waals surface area contributed by atoms with Crippen molar-refractivity contribution in [2.75, 3.05) is 32.7 Å². The fraction of sp³-hybridized carbons (Fsp3) is 0.333. The van der Waals surface area contributed by atoms with Crippen LogP contribution in [0.15, 0.2) is 60.9 Å². The fourth-order valence-corrected chi connectivity index (χ4v) is 3.47. The monoisotopic (exact) mass is 363 g/mol. The van der Waals surface area contributed by atoms with Crippen LogP contribution in [0.2, 0.25) is 0 Å². The Bertz CT molecular complexity index is 851. The summed E-state index contributed by atoms with van der Waals surface area (Å²) in [6.45, 7) is 5.74. The van der Waals surface area contributed by atoms with E-state index in [1.165, 1.54) is 5.56 Å². The molecule has 1 aliphatic rings. The number of nitrogens with one attached hydrogen (secondary N) is 1. The SMILES string of the molecule is O=C(CN1CCN(Cc2ccccc2)CC1)NCc1cn2ccccc2n1. The molecule has 4 rings (SSSR count). The van der Waals surface area contributed by atoms with Crippen LogP contribution in [-0.4, -0.2) is 57.8 Å². The molecule has 0 atom stereocenters. The summed E-state index contributed by atoms with van der Waals surface area (Å²) < 4.78 is 1.97. The normalized spacial score (nSPS) is 15.9. The van der Waals surface area contributed by atoms with Crippen LogP contribution in [0.5, 0.6) is 0 Å². The van der Waals surface area contributed by atoms with E-state index < -0.39 is 0 Å². The third kappa shape index (κ3) is 4.72. The van der Waals surface area contributed by atoms with Gasteiger partial charge in [0.25, 0.3) is 0 Å². The van der Waals surface area contributed by atoms with Gasteiger partial charge in [-0.1, -0.05) is 36.4 Å². The summed E-state index contributed by atoms with van der Waals surface area (Å²) in [5.41, 5.74) is 3.12. The molecule has 27 heavy (non-hydrogen) atoms. The lowest BCUT2D eigenvalue weighted by Gasteiger charge is -2.34. The largest absolute Gasteiger partial charge is 0.349 e. The van der Waals surface area contributed by atoms with E-state index in [0.717, 1.165) is 44.1 Å². The lowest BCUT2D eigenvalue weighted by Crippen LogP contribution is -2.49. The van der Waals surface area contributed by atoms with Gasteiger partial charge in [0.05, 0.1) is 18.8 Å². The molecule has 1 amide bonds.